The molecule has 46 valence electrons. The highest BCUT2D eigenvalue weighted by molar-refractivity contribution is 7.85. The van der Waals surface area contributed by atoms with E-state index in [1.807, 2.05) is 0 Å². The maximum absolute atomic E-state index is 10.0. The van der Waals surface area contributed by atoms with Gasteiger partial charge in [-0.15, -0.1) is 12.6 Å². The van der Waals surface area contributed by atoms with Crippen molar-refractivity contribution >= 4 is 18.6 Å². The molecule has 0 saturated heterocycles. The Kier molecular flexibility index (Phi) is 2.62. The van der Waals surface area contributed by atoms with E-state index < -0.39 is 5.97 Å². The lowest BCUT2D eigenvalue weighted by atomic mass is 10.3. The van der Waals surface area contributed by atoms with Gasteiger partial charge in [-0.2, -0.15) is 0 Å². The van der Waals surface area contributed by atoms with Crippen LogP contribution in [0.3, 0.4) is 0 Å². The zero-order valence-corrected chi connectivity index (χ0v) is 5.70. The second-order valence-corrected chi connectivity index (χ2v) is 2.10. The normalized spacial score (nSPS) is 8.38. The number of carbonyl (C=O) groups is 1. The summed E-state index contributed by atoms with van der Waals surface area (Å²) in [6.07, 6.45) is 0. The van der Waals surface area contributed by atoms with Crippen molar-refractivity contribution in [3.8, 4) is 0 Å². The standard InChI is InChI=1S/C5H8O2S/c1-3(2)4(8)5(6)7/h8H,1-2H3,(H,6,7). The lowest BCUT2D eigenvalue weighted by Crippen LogP contribution is -1.94. The molecule has 0 aliphatic rings. The van der Waals surface area contributed by atoms with Gasteiger partial charge in [0.1, 0.15) is 0 Å². The minimum atomic E-state index is -0.965. The quantitative estimate of drug-likeness (QED) is 0.416. The summed E-state index contributed by atoms with van der Waals surface area (Å²) in [5.74, 6) is -0.965. The largest absolute Gasteiger partial charge is 0.477 e. The Morgan fingerprint density at radius 3 is 1.88 bits per heavy atom. The van der Waals surface area contributed by atoms with Gasteiger partial charge in [0.15, 0.2) is 0 Å². The van der Waals surface area contributed by atoms with Crippen molar-refractivity contribution in [3.63, 3.8) is 0 Å². The summed E-state index contributed by atoms with van der Waals surface area (Å²) in [7, 11) is 0. The van der Waals surface area contributed by atoms with Crippen LogP contribution in [-0.4, -0.2) is 11.1 Å². The molecule has 0 aliphatic heterocycles. The van der Waals surface area contributed by atoms with Gasteiger partial charge in [0, 0.05) is 0 Å². The summed E-state index contributed by atoms with van der Waals surface area (Å²) >= 11 is 3.70. The molecule has 0 aromatic heterocycles. The summed E-state index contributed by atoms with van der Waals surface area (Å²) in [5, 5.41) is 8.22. The van der Waals surface area contributed by atoms with E-state index in [1.54, 1.807) is 13.8 Å². The molecule has 0 heterocycles. The maximum atomic E-state index is 10.0. The van der Waals surface area contributed by atoms with E-state index in [9.17, 15) is 4.79 Å². The predicted octanol–water partition coefficient (Wildman–Crippen LogP) is 1.29. The van der Waals surface area contributed by atoms with Crippen LogP contribution in [0.5, 0.6) is 0 Å². The summed E-state index contributed by atoms with van der Waals surface area (Å²) in [5.41, 5.74) is 0.723. The van der Waals surface area contributed by atoms with Crippen LogP contribution in [0.15, 0.2) is 10.5 Å². The molecule has 0 radical (unpaired) electrons. The van der Waals surface area contributed by atoms with Gasteiger partial charge in [0.25, 0.3) is 0 Å². The van der Waals surface area contributed by atoms with E-state index in [1.165, 1.54) is 0 Å². The summed E-state index contributed by atoms with van der Waals surface area (Å²) in [6, 6.07) is 0. The van der Waals surface area contributed by atoms with Crippen LogP contribution in [0.4, 0.5) is 0 Å². The van der Waals surface area contributed by atoms with E-state index in [0.717, 1.165) is 5.57 Å². The third-order valence-electron chi connectivity index (χ3n) is 0.676. The first-order valence-electron chi connectivity index (χ1n) is 2.15. The Hall–Kier alpha value is -0.440. The van der Waals surface area contributed by atoms with Crippen molar-refractivity contribution in [3.05, 3.63) is 10.5 Å². The molecule has 0 saturated carbocycles. The first-order chi connectivity index (χ1) is 3.55. The topological polar surface area (TPSA) is 37.3 Å². The highest BCUT2D eigenvalue weighted by atomic mass is 32.1. The fraction of sp³-hybridized carbons (Fsp3) is 0.400. The number of rotatable bonds is 1. The monoisotopic (exact) mass is 132 g/mol. The molecule has 0 rings (SSSR count). The maximum Gasteiger partial charge on any atom is 0.341 e. The number of thiol groups is 1. The summed E-state index contributed by atoms with van der Waals surface area (Å²) in [4.78, 5) is 10.1. The van der Waals surface area contributed by atoms with Crippen LogP contribution in [-0.2, 0) is 4.79 Å². The van der Waals surface area contributed by atoms with Crippen LogP contribution in [0.25, 0.3) is 0 Å². The molecule has 0 spiro atoms. The molecule has 2 nitrogen and oxygen atoms in total. The van der Waals surface area contributed by atoms with Crippen molar-refractivity contribution < 1.29 is 9.90 Å². The Balaban J connectivity index is 4.23. The number of hydrogen-bond donors (Lipinski definition) is 2. The number of carboxylic acids is 1. The number of allylic oxidation sites excluding steroid dienone is 1. The van der Waals surface area contributed by atoms with Crippen molar-refractivity contribution in [1.82, 2.24) is 0 Å². The van der Waals surface area contributed by atoms with Gasteiger partial charge in [-0.05, 0) is 13.8 Å². The van der Waals surface area contributed by atoms with Gasteiger partial charge >= 0.3 is 5.97 Å². The number of hydrogen-bond acceptors (Lipinski definition) is 2. The minimum Gasteiger partial charge on any atom is -0.477 e. The van der Waals surface area contributed by atoms with Gasteiger partial charge in [0.2, 0.25) is 0 Å². The summed E-state index contributed by atoms with van der Waals surface area (Å²) < 4.78 is 0. The zero-order valence-electron chi connectivity index (χ0n) is 4.80. The Labute approximate surface area is 53.6 Å². The first-order valence-corrected chi connectivity index (χ1v) is 2.60. The fourth-order valence-corrected chi connectivity index (χ4v) is 0.214. The van der Waals surface area contributed by atoms with Gasteiger partial charge in [-0.1, -0.05) is 5.57 Å². The van der Waals surface area contributed by atoms with Crippen LogP contribution in [0.1, 0.15) is 13.8 Å². The van der Waals surface area contributed by atoms with Crippen LogP contribution >= 0.6 is 12.6 Å². The molecule has 0 bridgehead atoms. The van der Waals surface area contributed by atoms with Gasteiger partial charge in [-0.3, -0.25) is 0 Å². The molecule has 0 aromatic rings. The third kappa shape index (κ3) is 2.02. The van der Waals surface area contributed by atoms with E-state index in [-0.39, 0.29) is 4.91 Å². The predicted molar refractivity (Wildman–Crippen MR) is 35.0 cm³/mol. The molecule has 0 amide bonds. The molecule has 0 unspecified atom stereocenters. The lowest BCUT2D eigenvalue weighted by Gasteiger charge is -1.91. The van der Waals surface area contributed by atoms with Crippen molar-refractivity contribution in [1.29, 1.82) is 0 Å². The lowest BCUT2D eigenvalue weighted by molar-refractivity contribution is -0.131. The van der Waals surface area contributed by atoms with Gasteiger partial charge in [-0.25, -0.2) is 4.79 Å². The molecule has 0 aromatic carbocycles. The zero-order chi connectivity index (χ0) is 6.73. The summed E-state index contributed by atoms with van der Waals surface area (Å²) in [6.45, 7) is 3.41. The molecule has 1 N–H and O–H groups in total. The number of aliphatic carboxylic acids is 1. The molecule has 0 aliphatic carbocycles. The average molecular weight is 132 g/mol. The minimum absolute atomic E-state index is 0.130. The van der Waals surface area contributed by atoms with E-state index in [0.29, 0.717) is 0 Å². The van der Waals surface area contributed by atoms with E-state index >= 15 is 0 Å². The second-order valence-electron chi connectivity index (χ2n) is 1.65. The smallest absolute Gasteiger partial charge is 0.341 e. The average Bonchev–Trinajstić information content (AvgIpc) is 1.64. The van der Waals surface area contributed by atoms with E-state index in [2.05, 4.69) is 12.6 Å². The molecule has 3 heteroatoms. The molecular weight excluding hydrogens is 124 g/mol. The van der Waals surface area contributed by atoms with Gasteiger partial charge in [0.05, 0.1) is 4.91 Å². The Morgan fingerprint density at radius 2 is 1.88 bits per heavy atom. The third-order valence-corrected chi connectivity index (χ3v) is 1.31. The Morgan fingerprint density at radius 1 is 1.50 bits per heavy atom. The van der Waals surface area contributed by atoms with E-state index in [4.69, 9.17) is 5.11 Å². The second kappa shape index (κ2) is 2.77. The molecular formula is C5H8O2S. The van der Waals surface area contributed by atoms with Gasteiger partial charge < -0.3 is 5.11 Å². The highest BCUT2D eigenvalue weighted by Gasteiger charge is 2.00. The molecule has 0 fully saturated rings. The fourth-order valence-electron chi connectivity index (χ4n) is 0.214. The number of carboxylic acid groups (broad SMARTS) is 1. The SMILES string of the molecule is CC(C)=C(S)C(=O)O. The van der Waals surface area contributed by atoms with Crippen molar-refractivity contribution in [2.75, 3.05) is 0 Å². The molecule has 8 heavy (non-hydrogen) atoms. The highest BCUT2D eigenvalue weighted by Crippen LogP contribution is 2.06. The molecule has 0 atom stereocenters. The van der Waals surface area contributed by atoms with Crippen LogP contribution in [0, 0.1) is 0 Å². The van der Waals surface area contributed by atoms with Crippen molar-refractivity contribution in [2.45, 2.75) is 13.8 Å². The Bertz CT molecular complexity index is 133. The van der Waals surface area contributed by atoms with Crippen LogP contribution < -0.4 is 0 Å². The van der Waals surface area contributed by atoms with Crippen LogP contribution in [0.2, 0.25) is 0 Å². The van der Waals surface area contributed by atoms with Crippen molar-refractivity contribution in [2.24, 2.45) is 0 Å². The first kappa shape index (κ1) is 7.56.